The van der Waals surface area contributed by atoms with Gasteiger partial charge in [-0.05, 0) is 46.7 Å². The number of hydrogen-bond donors (Lipinski definition) is 3. The Morgan fingerprint density at radius 2 is 1.67 bits per heavy atom. The average molecular weight is 583 g/mol. The molecule has 1 fully saturated rings. The number of hydrogen-bond acceptors (Lipinski definition) is 9. The second-order valence-corrected chi connectivity index (χ2v) is 11.2. The summed E-state index contributed by atoms with van der Waals surface area (Å²) < 4.78 is 10.9. The van der Waals surface area contributed by atoms with E-state index in [9.17, 15) is 14.4 Å². The summed E-state index contributed by atoms with van der Waals surface area (Å²) in [4.78, 5) is 50.2. The second-order valence-electron chi connectivity index (χ2n) is 11.2. The van der Waals surface area contributed by atoms with E-state index in [0.29, 0.717) is 49.1 Å². The van der Waals surface area contributed by atoms with Crippen LogP contribution >= 0.6 is 0 Å². The normalized spacial score (nSPS) is 13.4. The quantitative estimate of drug-likeness (QED) is 0.203. The third-order valence-corrected chi connectivity index (χ3v) is 7.25. The van der Waals surface area contributed by atoms with Crippen molar-refractivity contribution in [1.82, 2.24) is 9.97 Å². The molecule has 0 saturated carbocycles. The van der Waals surface area contributed by atoms with E-state index in [2.05, 4.69) is 25.5 Å². The highest BCUT2D eigenvalue weighted by molar-refractivity contribution is 6.48. The van der Waals surface area contributed by atoms with Crippen LogP contribution in [0, 0.1) is 0 Å². The summed E-state index contributed by atoms with van der Waals surface area (Å²) >= 11 is 0. The molecule has 0 atom stereocenters. The third-order valence-electron chi connectivity index (χ3n) is 7.25. The van der Waals surface area contributed by atoms with Crippen LogP contribution in [-0.2, 0) is 14.9 Å². The minimum Gasteiger partial charge on any atom is -0.494 e. The molecule has 0 aliphatic carbocycles. The molecule has 1 aromatic heterocycles. The van der Waals surface area contributed by atoms with Gasteiger partial charge in [0.05, 0.1) is 31.6 Å². The fraction of sp³-hybridized carbons (Fsp3) is 0.281. The second kappa shape index (κ2) is 12.1. The molecule has 1 aliphatic rings. The molecular weight excluding hydrogens is 548 g/mol. The molecule has 0 unspecified atom stereocenters. The van der Waals surface area contributed by atoms with E-state index in [4.69, 9.17) is 15.2 Å². The average Bonchev–Trinajstić information content (AvgIpc) is 3.00. The number of ether oxygens (including phenoxy) is 2. The van der Waals surface area contributed by atoms with Crippen molar-refractivity contribution in [2.24, 2.45) is 5.73 Å². The smallest absolute Gasteiger partial charge is 0.296 e. The van der Waals surface area contributed by atoms with Crippen molar-refractivity contribution in [3.63, 3.8) is 0 Å². The Balaban J connectivity index is 1.45. The summed E-state index contributed by atoms with van der Waals surface area (Å²) in [7, 11) is 1.37. The first-order chi connectivity index (χ1) is 20.6. The number of Topliss-reactive ketones (excluding diaryl/α,β-unsaturated/α-hetero) is 1. The van der Waals surface area contributed by atoms with Gasteiger partial charge in [0.25, 0.3) is 17.6 Å². The topological polar surface area (TPSA) is 149 Å². The van der Waals surface area contributed by atoms with E-state index in [0.717, 1.165) is 10.9 Å². The molecule has 5 rings (SSSR count). The number of morpholine rings is 1. The highest BCUT2D eigenvalue weighted by Gasteiger charge is 2.26. The first kappa shape index (κ1) is 29.5. The SMILES string of the molecule is COc1c(NC(=O)C(=O)c2ccc(Nc3ccnc(N4CCOCC4)n3)c3ccccc23)cc(C(C)(C)C)cc1C(N)=O. The third kappa shape index (κ3) is 6.26. The van der Waals surface area contributed by atoms with Crippen LogP contribution in [0.3, 0.4) is 0 Å². The van der Waals surface area contributed by atoms with E-state index in [1.807, 2.05) is 32.9 Å². The molecule has 3 aromatic carbocycles. The van der Waals surface area contributed by atoms with E-state index >= 15 is 0 Å². The lowest BCUT2D eigenvalue weighted by atomic mass is 9.85. The van der Waals surface area contributed by atoms with Crippen molar-refractivity contribution in [1.29, 1.82) is 0 Å². The van der Waals surface area contributed by atoms with Crippen LogP contribution in [0.1, 0.15) is 47.1 Å². The lowest BCUT2D eigenvalue weighted by Crippen LogP contribution is -2.37. The van der Waals surface area contributed by atoms with Gasteiger partial charge in [-0.3, -0.25) is 14.4 Å². The number of rotatable bonds is 8. The number of fused-ring (bicyclic) bond motifs is 1. The van der Waals surface area contributed by atoms with Crippen LogP contribution in [0.2, 0.25) is 0 Å². The molecule has 1 saturated heterocycles. The molecule has 4 N–H and O–H groups in total. The molecule has 0 bridgehead atoms. The van der Waals surface area contributed by atoms with Crippen molar-refractivity contribution in [2.45, 2.75) is 26.2 Å². The molecule has 11 nitrogen and oxygen atoms in total. The maximum atomic E-state index is 13.6. The number of primary amides is 1. The predicted octanol–water partition coefficient (Wildman–Crippen LogP) is 4.44. The van der Waals surface area contributed by atoms with Gasteiger partial charge in [-0.2, -0.15) is 4.98 Å². The summed E-state index contributed by atoms with van der Waals surface area (Å²) in [6.45, 7) is 8.55. The van der Waals surface area contributed by atoms with Gasteiger partial charge in [-0.1, -0.05) is 45.0 Å². The number of methoxy groups -OCH3 is 1. The lowest BCUT2D eigenvalue weighted by Gasteiger charge is -2.26. The van der Waals surface area contributed by atoms with Crippen molar-refractivity contribution in [3.8, 4) is 5.75 Å². The van der Waals surface area contributed by atoms with E-state index < -0.39 is 17.6 Å². The Bertz CT molecular complexity index is 1710. The monoisotopic (exact) mass is 582 g/mol. The highest BCUT2D eigenvalue weighted by Crippen LogP contribution is 2.36. The number of ketones is 1. The molecule has 222 valence electrons. The predicted molar refractivity (Wildman–Crippen MR) is 165 cm³/mol. The largest absolute Gasteiger partial charge is 0.494 e. The van der Waals surface area contributed by atoms with Gasteiger partial charge in [-0.25, -0.2) is 4.98 Å². The van der Waals surface area contributed by atoms with Gasteiger partial charge in [0.15, 0.2) is 5.75 Å². The Morgan fingerprint density at radius 1 is 0.953 bits per heavy atom. The molecule has 0 radical (unpaired) electrons. The van der Waals surface area contributed by atoms with Gasteiger partial charge in [0, 0.05) is 35.9 Å². The summed E-state index contributed by atoms with van der Waals surface area (Å²) in [6.07, 6.45) is 1.69. The maximum absolute atomic E-state index is 13.6. The Kier molecular flexibility index (Phi) is 8.27. The van der Waals surface area contributed by atoms with Gasteiger partial charge in [0.1, 0.15) is 5.82 Å². The number of nitrogens with two attached hydrogens (primary N) is 1. The molecule has 4 aromatic rings. The number of anilines is 4. The fourth-order valence-corrected chi connectivity index (χ4v) is 4.94. The molecule has 1 aliphatic heterocycles. The van der Waals surface area contributed by atoms with E-state index in [1.165, 1.54) is 7.11 Å². The zero-order valence-electron chi connectivity index (χ0n) is 24.6. The standard InChI is InChI=1S/C32H34N6O5/c1-32(2,3)19-17-23(29(33)40)28(42-4)25(18-19)36-30(41)27(39)22-9-10-24(21-8-6-5-7-20(21)22)35-26-11-12-34-31(37-26)38-13-15-43-16-14-38/h5-12,17-18H,13-16H2,1-4H3,(H2,33,40)(H,36,41)(H,34,35,37). The Labute approximate surface area is 249 Å². The number of nitrogens with one attached hydrogen (secondary N) is 2. The fourth-order valence-electron chi connectivity index (χ4n) is 4.94. The zero-order chi connectivity index (χ0) is 30.7. The number of aromatic nitrogens is 2. The van der Waals surface area contributed by atoms with Crippen molar-refractivity contribution >= 4 is 51.5 Å². The van der Waals surface area contributed by atoms with Crippen LogP contribution in [0.15, 0.2) is 60.8 Å². The molecular formula is C32H34N6O5. The van der Waals surface area contributed by atoms with Gasteiger partial charge >= 0.3 is 0 Å². The van der Waals surface area contributed by atoms with Gasteiger partial charge in [0.2, 0.25) is 5.95 Å². The number of carbonyl (C=O) groups excluding carboxylic acids is 3. The van der Waals surface area contributed by atoms with Crippen LogP contribution in [-0.4, -0.2) is 61.0 Å². The first-order valence-corrected chi connectivity index (χ1v) is 13.9. The highest BCUT2D eigenvalue weighted by atomic mass is 16.5. The lowest BCUT2D eigenvalue weighted by molar-refractivity contribution is -0.112. The van der Waals surface area contributed by atoms with Crippen molar-refractivity contribution in [2.75, 3.05) is 48.9 Å². The number of carbonyl (C=O) groups is 3. The van der Waals surface area contributed by atoms with E-state index in [1.54, 1.807) is 48.7 Å². The first-order valence-electron chi connectivity index (χ1n) is 13.9. The summed E-state index contributed by atoms with van der Waals surface area (Å²) in [6, 6.07) is 15.8. The summed E-state index contributed by atoms with van der Waals surface area (Å²) in [5, 5.41) is 7.31. The van der Waals surface area contributed by atoms with Crippen LogP contribution < -0.4 is 26.0 Å². The van der Waals surface area contributed by atoms with Crippen LogP contribution in [0.25, 0.3) is 10.8 Å². The van der Waals surface area contributed by atoms with E-state index in [-0.39, 0.29) is 28.0 Å². The van der Waals surface area contributed by atoms with Crippen LogP contribution in [0.5, 0.6) is 5.75 Å². The minimum atomic E-state index is -0.878. The number of amides is 2. The van der Waals surface area contributed by atoms with Crippen molar-refractivity contribution < 1.29 is 23.9 Å². The summed E-state index contributed by atoms with van der Waals surface area (Å²) in [5.74, 6) is -1.05. The molecule has 11 heteroatoms. The number of nitrogens with zero attached hydrogens (tertiary/aromatic N) is 3. The summed E-state index contributed by atoms with van der Waals surface area (Å²) in [5.41, 5.74) is 7.21. The zero-order valence-corrected chi connectivity index (χ0v) is 24.6. The number of benzene rings is 3. The maximum Gasteiger partial charge on any atom is 0.296 e. The molecule has 43 heavy (non-hydrogen) atoms. The molecule has 2 amide bonds. The minimum absolute atomic E-state index is 0.0901. The Morgan fingerprint density at radius 3 is 2.35 bits per heavy atom. The van der Waals surface area contributed by atoms with Gasteiger partial charge < -0.3 is 30.7 Å². The van der Waals surface area contributed by atoms with Crippen LogP contribution in [0.4, 0.5) is 23.1 Å². The molecule has 0 spiro atoms. The van der Waals surface area contributed by atoms with Crippen molar-refractivity contribution in [3.05, 3.63) is 77.5 Å². The molecule has 2 heterocycles. The Hall–Kier alpha value is -5.03. The van der Waals surface area contributed by atoms with Gasteiger partial charge in [-0.15, -0.1) is 0 Å².